The number of hydrogen-bond acceptors (Lipinski definition) is 4. The molecule has 2 aliphatic rings. The molecular weight excluding hydrogens is 381 g/mol. The number of nitrogens with zero attached hydrogens (tertiary/aromatic N) is 1. The Morgan fingerprint density at radius 3 is 2.55 bits per heavy atom. The van der Waals surface area contributed by atoms with Crippen LogP contribution in [0.2, 0.25) is 0 Å². The highest BCUT2D eigenvalue weighted by atomic mass is 19.4. The number of nitrogens with one attached hydrogen (secondary N) is 1. The van der Waals surface area contributed by atoms with Gasteiger partial charge in [-0.05, 0) is 48.4 Å². The van der Waals surface area contributed by atoms with Gasteiger partial charge >= 0.3 is 6.18 Å². The summed E-state index contributed by atoms with van der Waals surface area (Å²) in [5.74, 6) is 0.386. The van der Waals surface area contributed by atoms with E-state index in [0.717, 1.165) is 24.0 Å². The van der Waals surface area contributed by atoms with E-state index >= 15 is 0 Å². The van der Waals surface area contributed by atoms with Crippen LogP contribution < -0.4 is 5.32 Å². The molecule has 0 bridgehead atoms. The Hall–Kier alpha value is -1.86. The Labute approximate surface area is 170 Å². The quantitative estimate of drug-likeness (QED) is 0.377. The van der Waals surface area contributed by atoms with Crippen LogP contribution in [0.1, 0.15) is 53.9 Å². The van der Waals surface area contributed by atoms with Crippen molar-refractivity contribution in [2.24, 2.45) is 0 Å². The van der Waals surface area contributed by atoms with E-state index in [1.807, 2.05) is 0 Å². The first-order valence-corrected chi connectivity index (χ1v) is 10.1. The van der Waals surface area contributed by atoms with Crippen LogP contribution >= 0.6 is 0 Å². The van der Waals surface area contributed by atoms with Crippen molar-refractivity contribution in [2.75, 3.05) is 26.2 Å². The Bertz CT molecular complexity index is 736. The molecule has 0 atom stereocenters. The lowest BCUT2D eigenvalue weighted by Crippen LogP contribution is -2.51. The van der Waals surface area contributed by atoms with Crippen LogP contribution in [0.5, 0.6) is 0 Å². The molecule has 7 heteroatoms. The summed E-state index contributed by atoms with van der Waals surface area (Å²) < 4.78 is 45.7. The standard InChI is InChI=1S/C22H29F3N2O2/c1-3-8-26-14-21(29-15-28)6-9-27(10-7-21)13-18-12-20(22(23,24)25)16(2)11-19(18)17-4-5-17/h3,11-12,15,17,26H,1,4-10,13-14H2,2H3. The third-order valence-corrected chi connectivity index (χ3v) is 6.00. The highest BCUT2D eigenvalue weighted by molar-refractivity contribution is 5.43. The van der Waals surface area contributed by atoms with E-state index in [0.29, 0.717) is 63.5 Å². The molecule has 0 unspecified atom stereocenters. The molecule has 1 saturated heterocycles. The third-order valence-electron chi connectivity index (χ3n) is 6.00. The van der Waals surface area contributed by atoms with E-state index in [2.05, 4.69) is 16.8 Å². The van der Waals surface area contributed by atoms with Gasteiger partial charge in [-0.15, -0.1) is 6.58 Å². The van der Waals surface area contributed by atoms with Crippen molar-refractivity contribution in [3.05, 3.63) is 47.0 Å². The van der Waals surface area contributed by atoms with Crippen LogP contribution in [0.4, 0.5) is 13.2 Å². The number of alkyl halides is 3. The highest BCUT2D eigenvalue weighted by Crippen LogP contribution is 2.44. The zero-order valence-electron chi connectivity index (χ0n) is 16.9. The molecule has 0 spiro atoms. The second kappa shape index (κ2) is 8.88. The van der Waals surface area contributed by atoms with Gasteiger partial charge in [0.25, 0.3) is 6.47 Å². The minimum absolute atomic E-state index is 0.300. The molecule has 0 amide bonds. The van der Waals surface area contributed by atoms with E-state index in [1.165, 1.54) is 6.07 Å². The van der Waals surface area contributed by atoms with Crippen LogP contribution in [-0.2, 0) is 22.3 Å². The Balaban J connectivity index is 1.72. The van der Waals surface area contributed by atoms with E-state index in [9.17, 15) is 18.0 Å². The molecule has 0 aromatic heterocycles. The fourth-order valence-corrected chi connectivity index (χ4v) is 4.19. The van der Waals surface area contributed by atoms with E-state index in [1.54, 1.807) is 19.1 Å². The van der Waals surface area contributed by atoms with E-state index < -0.39 is 17.3 Å². The zero-order chi connectivity index (χ0) is 21.1. The monoisotopic (exact) mass is 410 g/mol. The molecule has 1 saturated carbocycles. The SMILES string of the molecule is C=CCNCC1(OC=O)CCN(Cc2cc(C(F)(F)F)c(C)cc2C2CC2)CC1. The summed E-state index contributed by atoms with van der Waals surface area (Å²) in [7, 11) is 0. The van der Waals surface area contributed by atoms with Gasteiger partial charge in [0.05, 0.1) is 5.56 Å². The molecule has 1 aromatic rings. The maximum atomic E-state index is 13.4. The van der Waals surface area contributed by atoms with Crippen molar-refractivity contribution in [2.45, 2.75) is 56.8 Å². The number of likely N-dealkylation sites (tertiary alicyclic amines) is 1. The van der Waals surface area contributed by atoms with Crippen molar-refractivity contribution in [3.63, 3.8) is 0 Å². The van der Waals surface area contributed by atoms with Crippen molar-refractivity contribution in [1.82, 2.24) is 10.2 Å². The van der Waals surface area contributed by atoms with Gasteiger partial charge in [-0.3, -0.25) is 9.69 Å². The summed E-state index contributed by atoms with van der Waals surface area (Å²) in [5, 5.41) is 3.21. The zero-order valence-corrected chi connectivity index (χ0v) is 16.9. The van der Waals surface area contributed by atoms with Crippen LogP contribution in [-0.4, -0.2) is 43.2 Å². The highest BCUT2D eigenvalue weighted by Gasteiger charge is 2.38. The van der Waals surface area contributed by atoms with Gasteiger partial charge in [0.15, 0.2) is 0 Å². The molecule has 160 valence electrons. The number of aryl methyl sites for hydroxylation is 1. The summed E-state index contributed by atoms with van der Waals surface area (Å²) in [6.07, 6.45) is 0.788. The van der Waals surface area contributed by atoms with Crippen molar-refractivity contribution < 1.29 is 22.7 Å². The number of piperidine rings is 1. The molecule has 1 aliphatic heterocycles. The van der Waals surface area contributed by atoms with Gasteiger partial charge in [0.1, 0.15) is 5.60 Å². The number of carbonyl (C=O) groups excluding carboxylic acids is 1. The van der Waals surface area contributed by atoms with Crippen LogP contribution in [0.25, 0.3) is 0 Å². The molecule has 0 radical (unpaired) electrons. The number of benzene rings is 1. The molecule has 1 aliphatic carbocycles. The van der Waals surface area contributed by atoms with Crippen LogP contribution in [0, 0.1) is 6.92 Å². The lowest BCUT2D eigenvalue weighted by molar-refractivity contribution is -0.148. The van der Waals surface area contributed by atoms with Crippen molar-refractivity contribution in [3.8, 4) is 0 Å². The predicted molar refractivity (Wildman–Crippen MR) is 106 cm³/mol. The molecule has 29 heavy (non-hydrogen) atoms. The first-order chi connectivity index (χ1) is 13.8. The predicted octanol–water partition coefficient (Wildman–Crippen LogP) is 4.17. The number of halogens is 3. The number of carbonyl (C=O) groups is 1. The minimum atomic E-state index is -4.34. The summed E-state index contributed by atoms with van der Waals surface area (Å²) >= 11 is 0. The second-order valence-corrected chi connectivity index (χ2v) is 8.23. The van der Waals surface area contributed by atoms with Crippen molar-refractivity contribution in [1.29, 1.82) is 0 Å². The normalized spacial score (nSPS) is 19.7. The Morgan fingerprint density at radius 2 is 2.00 bits per heavy atom. The molecule has 1 heterocycles. The number of hydrogen-bond donors (Lipinski definition) is 1. The minimum Gasteiger partial charge on any atom is -0.460 e. The summed E-state index contributed by atoms with van der Waals surface area (Å²) in [5.41, 5.74) is 1.03. The van der Waals surface area contributed by atoms with Gasteiger partial charge in [0, 0.05) is 45.6 Å². The smallest absolute Gasteiger partial charge is 0.416 e. The molecule has 1 N–H and O–H groups in total. The third kappa shape index (κ3) is 5.39. The lowest BCUT2D eigenvalue weighted by Gasteiger charge is -2.40. The van der Waals surface area contributed by atoms with Crippen LogP contribution in [0.15, 0.2) is 24.8 Å². The molecular formula is C22H29F3N2O2. The van der Waals surface area contributed by atoms with Gasteiger partial charge in [-0.25, -0.2) is 0 Å². The molecule has 1 aromatic carbocycles. The second-order valence-electron chi connectivity index (χ2n) is 8.23. The molecule has 2 fully saturated rings. The van der Waals surface area contributed by atoms with Gasteiger partial charge in [-0.2, -0.15) is 13.2 Å². The van der Waals surface area contributed by atoms with Gasteiger partial charge in [0.2, 0.25) is 0 Å². The number of ether oxygens (including phenoxy) is 1. The van der Waals surface area contributed by atoms with Gasteiger partial charge < -0.3 is 10.1 Å². The molecule has 3 rings (SSSR count). The summed E-state index contributed by atoms with van der Waals surface area (Å²) in [4.78, 5) is 13.1. The van der Waals surface area contributed by atoms with Gasteiger partial charge in [-0.1, -0.05) is 12.1 Å². The Morgan fingerprint density at radius 1 is 1.31 bits per heavy atom. The first kappa shape index (κ1) is 21.8. The Kier molecular flexibility index (Phi) is 6.69. The fourth-order valence-electron chi connectivity index (χ4n) is 4.19. The maximum absolute atomic E-state index is 13.4. The topological polar surface area (TPSA) is 41.6 Å². The van der Waals surface area contributed by atoms with Crippen molar-refractivity contribution >= 4 is 6.47 Å². The average molecular weight is 410 g/mol. The average Bonchev–Trinajstić information content (AvgIpc) is 3.49. The lowest BCUT2D eigenvalue weighted by atomic mass is 9.89. The first-order valence-electron chi connectivity index (χ1n) is 10.1. The van der Waals surface area contributed by atoms with E-state index in [4.69, 9.17) is 4.74 Å². The molecule has 4 nitrogen and oxygen atoms in total. The summed E-state index contributed by atoms with van der Waals surface area (Å²) in [6.45, 7) is 8.70. The number of rotatable bonds is 9. The largest absolute Gasteiger partial charge is 0.460 e. The fraction of sp³-hybridized carbons (Fsp3) is 0.591. The summed E-state index contributed by atoms with van der Waals surface area (Å²) in [6, 6.07) is 3.08. The van der Waals surface area contributed by atoms with E-state index in [-0.39, 0.29) is 0 Å². The van der Waals surface area contributed by atoms with Crippen LogP contribution in [0.3, 0.4) is 0 Å². The maximum Gasteiger partial charge on any atom is 0.416 e.